The van der Waals surface area contributed by atoms with Crippen LogP contribution < -0.4 is 39.9 Å². The Hall–Kier alpha value is -3.69. The van der Waals surface area contributed by atoms with E-state index in [0.29, 0.717) is 5.40 Å². The fraction of sp³-hybridized carbons (Fsp3) is 0.122. The van der Waals surface area contributed by atoms with Crippen LogP contribution in [0.15, 0.2) is 121 Å². The van der Waals surface area contributed by atoms with Crippen molar-refractivity contribution in [2.75, 3.05) is 6.61 Å². The summed E-state index contributed by atoms with van der Waals surface area (Å²) in [5, 5.41) is 5.99. The van der Waals surface area contributed by atoms with Crippen molar-refractivity contribution in [3.63, 3.8) is 0 Å². The molecule has 0 heterocycles. The van der Waals surface area contributed by atoms with Gasteiger partial charge in [0, 0.05) is 5.40 Å². The van der Waals surface area contributed by atoms with Gasteiger partial charge in [0.15, 0.2) is 0 Å². The zero-order chi connectivity index (χ0) is 43.9. The third-order valence-electron chi connectivity index (χ3n) is 7.29. The smallest absolute Gasteiger partial charge is 0.378 e. The van der Waals surface area contributed by atoms with Crippen molar-refractivity contribution in [1.29, 1.82) is 0 Å². The first-order valence-corrected chi connectivity index (χ1v) is 20.7. The second-order valence-electron chi connectivity index (χ2n) is 11.7. The molecule has 0 amide bonds. The van der Waals surface area contributed by atoms with Crippen molar-refractivity contribution in [2.45, 2.75) is 25.4 Å². The molecular formula is C41H30AuClF10O5P2. The largest absolute Gasteiger partial charge is 3.00 e. The van der Waals surface area contributed by atoms with Crippen molar-refractivity contribution in [3.8, 4) is 0 Å². The van der Waals surface area contributed by atoms with E-state index in [-0.39, 0.29) is 28.5 Å². The molecule has 0 aliphatic rings. The van der Waals surface area contributed by atoms with Crippen LogP contribution in [0.3, 0.4) is 0 Å². The summed E-state index contributed by atoms with van der Waals surface area (Å²) in [6, 6.07) is 46.2. The van der Waals surface area contributed by atoms with Gasteiger partial charge in [0.1, 0.15) is 0 Å². The van der Waals surface area contributed by atoms with Crippen molar-refractivity contribution >= 4 is 37.1 Å². The van der Waals surface area contributed by atoms with Gasteiger partial charge in [0.25, 0.3) is 0 Å². The van der Waals surface area contributed by atoms with E-state index in [0.717, 1.165) is 18.7 Å². The standard InChI is InChI=1S/C29H30OP2.2C6F5.Au.ClHO4/c1-24(2)30-23-29(31(25-15-7-3-8-16-25)26-17-9-4-10-18-26)32(27-19-11-5-12-20-27)28-21-13-6-14-22-28;2*7-2-1-3(8)5(10)6(11)4(2)9;;2-1(3,4)5/h3-22,24,29H,23H2,1-2H3;;;;(H,2,3,4,5)/q;2*-1;+3;/p-1. The van der Waals surface area contributed by atoms with Crippen molar-refractivity contribution in [3.05, 3.63) is 192 Å². The van der Waals surface area contributed by atoms with Crippen molar-refractivity contribution < 1.29 is 99.9 Å². The Balaban J connectivity index is 0.000000360. The van der Waals surface area contributed by atoms with Crippen LogP contribution in [0.5, 0.6) is 0 Å². The third kappa shape index (κ3) is 16.3. The van der Waals surface area contributed by atoms with E-state index in [1.165, 1.54) is 21.2 Å². The molecule has 0 atom stereocenters. The molecule has 0 saturated heterocycles. The number of ether oxygens (including phenoxy) is 1. The molecule has 0 N–H and O–H groups in total. The maximum absolute atomic E-state index is 12.0. The van der Waals surface area contributed by atoms with E-state index in [1.54, 1.807) is 0 Å². The van der Waals surface area contributed by atoms with Gasteiger partial charge in [-0.05, 0) is 50.9 Å². The van der Waals surface area contributed by atoms with E-state index in [4.69, 9.17) is 23.4 Å². The number of halogens is 11. The summed E-state index contributed by atoms with van der Waals surface area (Å²) in [6.07, 6.45) is 0.198. The summed E-state index contributed by atoms with van der Waals surface area (Å²) in [4.78, 5) is 0. The van der Waals surface area contributed by atoms with Crippen LogP contribution in [0.2, 0.25) is 0 Å². The summed E-state index contributed by atoms with van der Waals surface area (Å²) >= 11 is 0. The monoisotopic (exact) mass is 1090 g/mol. The normalized spacial score (nSPS) is 10.9. The van der Waals surface area contributed by atoms with Crippen LogP contribution >= 0.6 is 15.8 Å². The first-order valence-electron chi connectivity index (χ1n) is 16.6. The fourth-order valence-corrected chi connectivity index (χ4v) is 11.8. The summed E-state index contributed by atoms with van der Waals surface area (Å²) in [5.74, 6) is -20.1. The molecule has 0 aromatic heterocycles. The Bertz CT molecular complexity index is 1920. The van der Waals surface area contributed by atoms with Crippen LogP contribution in [0.25, 0.3) is 0 Å². The molecule has 5 nitrogen and oxygen atoms in total. The van der Waals surface area contributed by atoms with Gasteiger partial charge in [-0.15, -0.1) is 22.4 Å². The van der Waals surface area contributed by atoms with Gasteiger partial charge < -0.3 is 4.74 Å². The maximum Gasteiger partial charge on any atom is 3.00 e. The predicted octanol–water partition coefficient (Wildman–Crippen LogP) is 5.61. The van der Waals surface area contributed by atoms with E-state index in [1.807, 2.05) is 0 Å². The van der Waals surface area contributed by atoms with Gasteiger partial charge in [0.05, 0.1) is 70.9 Å². The van der Waals surface area contributed by atoms with Crippen LogP contribution in [0.4, 0.5) is 43.9 Å². The molecule has 0 saturated carbocycles. The molecule has 322 valence electrons. The second-order valence-corrected chi connectivity index (χ2v) is 17.7. The minimum Gasteiger partial charge on any atom is -0.378 e. The second kappa shape index (κ2) is 25.3. The molecule has 0 aliphatic carbocycles. The molecule has 6 rings (SSSR count). The predicted molar refractivity (Wildman–Crippen MR) is 193 cm³/mol. The summed E-state index contributed by atoms with van der Waals surface area (Å²) < 4.78 is 160. The number of rotatable bonds is 9. The van der Waals surface area contributed by atoms with E-state index in [9.17, 15) is 43.9 Å². The van der Waals surface area contributed by atoms with Crippen LogP contribution in [0.1, 0.15) is 13.8 Å². The van der Waals surface area contributed by atoms with Crippen LogP contribution in [-0.2, 0) is 27.1 Å². The summed E-state index contributed by atoms with van der Waals surface area (Å²) in [7, 11) is -6.20. The molecule has 60 heavy (non-hydrogen) atoms. The van der Waals surface area contributed by atoms with E-state index < -0.39 is 84.3 Å². The van der Waals surface area contributed by atoms with Crippen LogP contribution in [-0.4, -0.2) is 18.1 Å². The zero-order valence-electron chi connectivity index (χ0n) is 30.8. The van der Waals surface area contributed by atoms with Gasteiger partial charge in [-0.3, -0.25) is 17.6 Å². The SMILES string of the molecule is CC(C)OCC(P(c1ccccc1)c1ccccc1)P(c1ccccc1)c1ccccc1.Fc1[c-]c(F)c(F)c(F)c1F.Fc1[c-]c(F)c(F)c(F)c1F.[Au+3].[O-][Cl+3]([O-])([O-])[O-]. The summed E-state index contributed by atoms with van der Waals surface area (Å²) in [5.41, 5.74) is 0. The van der Waals surface area contributed by atoms with Crippen LogP contribution in [0, 0.1) is 80.5 Å². The first-order chi connectivity index (χ1) is 27.8. The zero-order valence-corrected chi connectivity index (χ0v) is 35.5. The number of hydrogen-bond donors (Lipinski definition) is 0. The molecule has 6 aromatic carbocycles. The van der Waals surface area contributed by atoms with Crippen molar-refractivity contribution in [2.24, 2.45) is 0 Å². The Morgan fingerprint density at radius 2 is 0.667 bits per heavy atom. The quantitative estimate of drug-likeness (QED) is 0.0469. The molecule has 6 aromatic rings. The van der Waals surface area contributed by atoms with Gasteiger partial charge in [-0.25, -0.2) is 45.0 Å². The first kappa shape index (κ1) is 52.4. The Labute approximate surface area is 359 Å². The molecule has 0 bridgehead atoms. The van der Waals surface area contributed by atoms with Gasteiger partial charge in [-0.2, -0.15) is 0 Å². The average Bonchev–Trinajstić information content (AvgIpc) is 3.21. The fourth-order valence-electron chi connectivity index (χ4n) is 4.87. The molecule has 19 heteroatoms. The van der Waals surface area contributed by atoms with Gasteiger partial charge >= 0.3 is 22.4 Å². The van der Waals surface area contributed by atoms with E-state index in [2.05, 4.69) is 135 Å². The van der Waals surface area contributed by atoms with E-state index >= 15 is 0 Å². The average molecular weight is 1090 g/mol. The molecule has 0 radical (unpaired) electrons. The Kier molecular flexibility index (Phi) is 22.1. The van der Waals surface area contributed by atoms with Gasteiger partial charge in [-0.1, -0.05) is 121 Å². The Morgan fingerprint density at radius 1 is 0.450 bits per heavy atom. The third-order valence-corrected chi connectivity index (χ3v) is 13.6. The minimum absolute atomic E-state index is 0. The van der Waals surface area contributed by atoms with Gasteiger partial charge in [0.2, 0.25) is 0 Å². The number of benzene rings is 6. The maximum atomic E-state index is 12.0. The molecule has 0 unspecified atom stereocenters. The van der Waals surface area contributed by atoms with Crippen molar-refractivity contribution in [1.82, 2.24) is 0 Å². The number of hydrogen-bond acceptors (Lipinski definition) is 5. The molecule has 0 aliphatic heterocycles. The topological polar surface area (TPSA) is 101 Å². The molecule has 0 spiro atoms. The molecule has 0 fully saturated rings. The minimum atomic E-state index is -4.94. The Morgan fingerprint density at radius 3 is 0.867 bits per heavy atom. The molecular weight excluding hydrogens is 1060 g/mol. The summed E-state index contributed by atoms with van der Waals surface area (Å²) in [6.45, 7) is 5.01.